The maximum atomic E-state index is 12.8. The van der Waals surface area contributed by atoms with Gasteiger partial charge in [-0.15, -0.1) is 11.3 Å². The monoisotopic (exact) mass is 322 g/mol. The molecule has 5 nitrogen and oxygen atoms in total. The highest BCUT2D eigenvalue weighted by molar-refractivity contribution is 7.18. The number of aromatic nitrogens is 2. The predicted octanol–water partition coefficient (Wildman–Crippen LogP) is 3.29. The summed E-state index contributed by atoms with van der Waals surface area (Å²) in [6, 6.07) is -0.682. The number of hydrogen-bond acceptors (Lipinski definition) is 5. The van der Waals surface area contributed by atoms with Crippen LogP contribution in [0.3, 0.4) is 0 Å². The molecule has 2 rings (SSSR count). The second-order valence-electron chi connectivity index (χ2n) is 5.63. The van der Waals surface area contributed by atoms with Crippen molar-refractivity contribution in [3.8, 4) is 0 Å². The lowest BCUT2D eigenvalue weighted by atomic mass is 10.2. The number of fused-ring (bicyclic) bond motifs is 1. The fourth-order valence-corrected chi connectivity index (χ4v) is 3.41. The van der Waals surface area contributed by atoms with Crippen molar-refractivity contribution < 1.29 is 9.53 Å². The molecule has 2 atom stereocenters. The van der Waals surface area contributed by atoms with Gasteiger partial charge in [0.25, 0.3) is 5.56 Å². The quantitative estimate of drug-likeness (QED) is 0.810. The van der Waals surface area contributed by atoms with Crippen LogP contribution in [0, 0.1) is 20.8 Å². The Balaban J connectivity index is 2.53. The number of nitrogens with zero attached hydrogens (tertiary/aromatic N) is 2. The Hall–Kier alpha value is -1.69. The number of ether oxygens (including phenoxy) is 1. The first-order chi connectivity index (χ1) is 10.3. The van der Waals surface area contributed by atoms with Gasteiger partial charge in [-0.05, 0) is 46.6 Å². The van der Waals surface area contributed by atoms with E-state index < -0.39 is 12.0 Å². The van der Waals surface area contributed by atoms with E-state index in [1.54, 1.807) is 13.8 Å². The van der Waals surface area contributed by atoms with Gasteiger partial charge >= 0.3 is 5.97 Å². The molecule has 2 unspecified atom stereocenters. The van der Waals surface area contributed by atoms with Gasteiger partial charge in [0.05, 0.1) is 11.5 Å². The second kappa shape index (κ2) is 6.20. The smallest absolute Gasteiger partial charge is 0.329 e. The summed E-state index contributed by atoms with van der Waals surface area (Å²) in [6.45, 7) is 11.1. The fraction of sp³-hybridized carbons (Fsp3) is 0.562. The molecule has 0 N–H and O–H groups in total. The minimum absolute atomic E-state index is 0.159. The molecule has 0 aliphatic heterocycles. The molecule has 0 aliphatic carbocycles. The van der Waals surface area contributed by atoms with E-state index in [1.165, 1.54) is 15.9 Å². The SMILES string of the molecule is CCC(C)OC(=O)C(C)n1c(C)nc2sc(C)c(C)c2c1=O. The number of esters is 1. The fourth-order valence-electron chi connectivity index (χ4n) is 2.35. The molecule has 2 aromatic heterocycles. The third kappa shape index (κ3) is 2.79. The molecular formula is C16H22N2O3S. The average molecular weight is 322 g/mol. The van der Waals surface area contributed by atoms with Gasteiger partial charge in [0.15, 0.2) is 0 Å². The molecule has 0 amide bonds. The number of hydrogen-bond donors (Lipinski definition) is 0. The van der Waals surface area contributed by atoms with Crippen molar-refractivity contribution in [2.24, 2.45) is 0 Å². The van der Waals surface area contributed by atoms with E-state index in [1.807, 2.05) is 27.7 Å². The minimum Gasteiger partial charge on any atom is -0.461 e. The molecule has 0 bridgehead atoms. The van der Waals surface area contributed by atoms with Gasteiger partial charge in [-0.1, -0.05) is 6.92 Å². The van der Waals surface area contributed by atoms with Crippen LogP contribution < -0.4 is 5.56 Å². The first-order valence-corrected chi connectivity index (χ1v) is 8.28. The van der Waals surface area contributed by atoms with E-state index in [0.29, 0.717) is 11.2 Å². The Kier molecular flexibility index (Phi) is 4.70. The zero-order valence-corrected chi connectivity index (χ0v) is 14.7. The highest BCUT2D eigenvalue weighted by Crippen LogP contribution is 2.27. The molecule has 0 saturated carbocycles. The predicted molar refractivity (Wildman–Crippen MR) is 88.6 cm³/mol. The number of carbonyl (C=O) groups excluding carboxylic acids is 1. The average Bonchev–Trinajstić information content (AvgIpc) is 2.73. The van der Waals surface area contributed by atoms with E-state index in [-0.39, 0.29) is 11.7 Å². The van der Waals surface area contributed by atoms with E-state index in [9.17, 15) is 9.59 Å². The van der Waals surface area contributed by atoms with Crippen molar-refractivity contribution in [2.75, 3.05) is 0 Å². The van der Waals surface area contributed by atoms with Crippen LogP contribution in [0.15, 0.2) is 4.79 Å². The summed E-state index contributed by atoms with van der Waals surface area (Å²) in [6.07, 6.45) is 0.583. The van der Waals surface area contributed by atoms with Crippen LogP contribution in [-0.4, -0.2) is 21.6 Å². The molecule has 120 valence electrons. The Morgan fingerprint density at radius 3 is 2.55 bits per heavy atom. The van der Waals surface area contributed by atoms with E-state index in [4.69, 9.17) is 4.74 Å². The van der Waals surface area contributed by atoms with Crippen LogP contribution in [-0.2, 0) is 9.53 Å². The first kappa shape index (κ1) is 16.7. The summed E-state index contributed by atoms with van der Waals surface area (Å²) in [4.78, 5) is 31.3. The van der Waals surface area contributed by atoms with E-state index in [0.717, 1.165) is 21.7 Å². The van der Waals surface area contributed by atoms with Crippen molar-refractivity contribution in [1.29, 1.82) is 0 Å². The molecule has 2 heterocycles. The standard InChI is InChI=1S/C16H22N2O3S/c1-7-8(2)21-16(20)10(4)18-12(6)17-14-13(15(18)19)9(3)11(5)22-14/h8,10H,7H2,1-6H3. The third-order valence-corrected chi connectivity index (χ3v) is 5.13. The van der Waals surface area contributed by atoms with Gasteiger partial charge in [-0.2, -0.15) is 0 Å². The summed E-state index contributed by atoms with van der Waals surface area (Å²) in [5, 5.41) is 0.608. The van der Waals surface area contributed by atoms with Crippen molar-refractivity contribution >= 4 is 27.5 Å². The van der Waals surface area contributed by atoms with Crippen LogP contribution in [0.2, 0.25) is 0 Å². The highest BCUT2D eigenvalue weighted by atomic mass is 32.1. The highest BCUT2D eigenvalue weighted by Gasteiger charge is 2.24. The molecule has 6 heteroatoms. The molecular weight excluding hydrogens is 300 g/mol. The maximum Gasteiger partial charge on any atom is 0.329 e. The Morgan fingerprint density at radius 1 is 1.32 bits per heavy atom. The largest absolute Gasteiger partial charge is 0.461 e. The maximum absolute atomic E-state index is 12.8. The Bertz CT molecular complexity index is 776. The zero-order chi connectivity index (χ0) is 16.6. The molecule has 0 spiro atoms. The topological polar surface area (TPSA) is 61.2 Å². The van der Waals surface area contributed by atoms with Crippen LogP contribution in [0.5, 0.6) is 0 Å². The van der Waals surface area contributed by atoms with Gasteiger partial charge < -0.3 is 4.74 Å². The number of rotatable bonds is 4. The van der Waals surface area contributed by atoms with Gasteiger partial charge in [-0.3, -0.25) is 9.36 Å². The van der Waals surface area contributed by atoms with Crippen molar-refractivity contribution in [3.05, 3.63) is 26.6 Å². The number of aryl methyl sites for hydroxylation is 3. The molecule has 22 heavy (non-hydrogen) atoms. The van der Waals surface area contributed by atoms with E-state index >= 15 is 0 Å². The van der Waals surface area contributed by atoms with Crippen LogP contribution >= 0.6 is 11.3 Å². The number of thiophene rings is 1. The Labute approximate surface area is 133 Å². The van der Waals surface area contributed by atoms with Crippen LogP contribution in [0.25, 0.3) is 10.2 Å². The first-order valence-electron chi connectivity index (χ1n) is 7.47. The lowest BCUT2D eigenvalue weighted by Gasteiger charge is -2.19. The molecule has 0 saturated heterocycles. The van der Waals surface area contributed by atoms with Crippen molar-refractivity contribution in [2.45, 2.75) is 60.1 Å². The van der Waals surface area contributed by atoms with Crippen molar-refractivity contribution in [3.63, 3.8) is 0 Å². The molecule has 0 radical (unpaired) electrons. The second-order valence-corrected chi connectivity index (χ2v) is 6.83. The summed E-state index contributed by atoms with van der Waals surface area (Å²) in [5.74, 6) is 0.137. The lowest BCUT2D eigenvalue weighted by molar-refractivity contribution is -0.152. The minimum atomic E-state index is -0.682. The summed E-state index contributed by atoms with van der Waals surface area (Å²) in [7, 11) is 0. The molecule has 2 aromatic rings. The number of carbonyl (C=O) groups is 1. The normalized spacial score (nSPS) is 14.1. The third-order valence-electron chi connectivity index (χ3n) is 4.03. The zero-order valence-electron chi connectivity index (χ0n) is 13.9. The van der Waals surface area contributed by atoms with Gasteiger partial charge in [0.2, 0.25) is 0 Å². The van der Waals surface area contributed by atoms with Crippen molar-refractivity contribution in [1.82, 2.24) is 9.55 Å². The Morgan fingerprint density at radius 2 is 1.95 bits per heavy atom. The van der Waals surface area contributed by atoms with Gasteiger partial charge in [0.1, 0.15) is 16.7 Å². The molecule has 0 aromatic carbocycles. The molecule has 0 aliphatic rings. The summed E-state index contributed by atoms with van der Waals surface area (Å²) in [5.41, 5.74) is 0.770. The lowest BCUT2D eigenvalue weighted by Crippen LogP contribution is -2.33. The van der Waals surface area contributed by atoms with E-state index in [2.05, 4.69) is 4.98 Å². The van der Waals surface area contributed by atoms with Gasteiger partial charge in [-0.25, -0.2) is 9.78 Å². The van der Waals surface area contributed by atoms with Crippen LogP contribution in [0.1, 0.15) is 49.5 Å². The van der Waals surface area contributed by atoms with Gasteiger partial charge in [0, 0.05) is 4.88 Å². The summed E-state index contributed by atoms with van der Waals surface area (Å²) >= 11 is 1.51. The van der Waals surface area contributed by atoms with Crippen LogP contribution in [0.4, 0.5) is 0 Å². The summed E-state index contributed by atoms with van der Waals surface area (Å²) < 4.78 is 6.79. The molecule has 0 fully saturated rings.